The summed E-state index contributed by atoms with van der Waals surface area (Å²) < 4.78 is 0. The summed E-state index contributed by atoms with van der Waals surface area (Å²) in [5.41, 5.74) is 2.69. The van der Waals surface area contributed by atoms with E-state index in [0.29, 0.717) is 6.04 Å². The van der Waals surface area contributed by atoms with Crippen molar-refractivity contribution >= 4 is 16.5 Å². The summed E-state index contributed by atoms with van der Waals surface area (Å²) >= 11 is 0. The average molecular weight is 288 g/mol. The van der Waals surface area contributed by atoms with Gasteiger partial charge in [-0.05, 0) is 28.5 Å². The van der Waals surface area contributed by atoms with E-state index in [1.54, 1.807) is 0 Å². The molecule has 110 valence electrons. The van der Waals surface area contributed by atoms with Crippen LogP contribution >= 0.6 is 0 Å². The largest absolute Gasteiger partial charge is 0.362 e. The molecule has 1 N–H and O–H groups in total. The van der Waals surface area contributed by atoms with Crippen molar-refractivity contribution in [2.24, 2.45) is 0 Å². The van der Waals surface area contributed by atoms with Gasteiger partial charge in [-0.2, -0.15) is 0 Å². The van der Waals surface area contributed by atoms with E-state index in [0.717, 1.165) is 19.6 Å². The molecule has 0 radical (unpaired) electrons. The van der Waals surface area contributed by atoms with E-state index in [9.17, 15) is 0 Å². The summed E-state index contributed by atoms with van der Waals surface area (Å²) in [6.45, 7) is 3.07. The van der Waals surface area contributed by atoms with Crippen molar-refractivity contribution in [1.82, 2.24) is 5.32 Å². The van der Waals surface area contributed by atoms with Gasteiger partial charge in [0.05, 0.1) is 6.04 Å². The Labute approximate surface area is 131 Å². The number of rotatable bonds is 2. The van der Waals surface area contributed by atoms with Crippen molar-refractivity contribution in [1.29, 1.82) is 0 Å². The van der Waals surface area contributed by atoms with Crippen molar-refractivity contribution in [3.8, 4) is 0 Å². The Balaban J connectivity index is 1.74. The lowest BCUT2D eigenvalue weighted by atomic mass is 10.0. The molecule has 3 aromatic carbocycles. The van der Waals surface area contributed by atoms with E-state index in [-0.39, 0.29) is 0 Å². The minimum absolute atomic E-state index is 0.399. The lowest BCUT2D eigenvalue weighted by Crippen LogP contribution is -2.46. The Hall–Kier alpha value is -2.32. The average Bonchev–Trinajstić information content (AvgIpc) is 2.62. The summed E-state index contributed by atoms with van der Waals surface area (Å²) in [5, 5.41) is 6.14. The molecule has 0 bridgehead atoms. The van der Waals surface area contributed by atoms with Crippen LogP contribution in [0.2, 0.25) is 0 Å². The fourth-order valence-corrected chi connectivity index (χ4v) is 3.34. The van der Waals surface area contributed by atoms with Gasteiger partial charge >= 0.3 is 0 Å². The maximum atomic E-state index is 3.53. The number of piperazine rings is 1. The molecule has 1 aliphatic heterocycles. The van der Waals surface area contributed by atoms with Gasteiger partial charge in [0.1, 0.15) is 0 Å². The predicted molar refractivity (Wildman–Crippen MR) is 93.3 cm³/mol. The standard InChI is InChI=1S/C20H20N2/c1-2-7-17(8-3-1)20-15-21-12-13-22(20)19-11-10-16-6-4-5-9-18(16)14-19/h1-11,14,20-21H,12-13,15H2. The Kier molecular flexibility index (Phi) is 3.53. The molecule has 1 heterocycles. The van der Waals surface area contributed by atoms with Crippen LogP contribution in [0.1, 0.15) is 11.6 Å². The van der Waals surface area contributed by atoms with Crippen molar-refractivity contribution < 1.29 is 0 Å². The summed E-state index contributed by atoms with van der Waals surface area (Å²) in [4.78, 5) is 2.53. The van der Waals surface area contributed by atoms with Gasteiger partial charge in [0.25, 0.3) is 0 Å². The fraction of sp³-hybridized carbons (Fsp3) is 0.200. The van der Waals surface area contributed by atoms with Crippen LogP contribution in [0, 0.1) is 0 Å². The summed E-state index contributed by atoms with van der Waals surface area (Å²) in [5.74, 6) is 0. The Morgan fingerprint density at radius 1 is 0.818 bits per heavy atom. The van der Waals surface area contributed by atoms with Crippen molar-refractivity contribution in [2.75, 3.05) is 24.5 Å². The SMILES string of the molecule is c1ccc(C2CNCCN2c2ccc3ccccc3c2)cc1. The molecule has 1 unspecified atom stereocenters. The number of hydrogen-bond donors (Lipinski definition) is 1. The van der Waals surface area contributed by atoms with Gasteiger partial charge in [-0.3, -0.25) is 0 Å². The number of hydrogen-bond acceptors (Lipinski definition) is 2. The maximum Gasteiger partial charge on any atom is 0.0667 e. The van der Waals surface area contributed by atoms with Crippen LogP contribution in [0.15, 0.2) is 72.8 Å². The van der Waals surface area contributed by atoms with E-state index in [1.807, 2.05) is 0 Å². The zero-order chi connectivity index (χ0) is 14.8. The van der Waals surface area contributed by atoms with Crippen LogP contribution < -0.4 is 10.2 Å². The monoisotopic (exact) mass is 288 g/mol. The number of benzene rings is 3. The quantitative estimate of drug-likeness (QED) is 0.767. The number of nitrogens with one attached hydrogen (secondary N) is 1. The van der Waals surface area contributed by atoms with Crippen LogP contribution in [0.25, 0.3) is 10.8 Å². The molecule has 3 aromatic rings. The number of anilines is 1. The molecule has 4 rings (SSSR count). The molecular weight excluding hydrogens is 268 g/mol. The Morgan fingerprint density at radius 3 is 2.45 bits per heavy atom. The Bertz CT molecular complexity index is 767. The van der Waals surface area contributed by atoms with Gasteiger partial charge in [0, 0.05) is 25.3 Å². The highest BCUT2D eigenvalue weighted by atomic mass is 15.2. The predicted octanol–water partition coefficient (Wildman–Crippen LogP) is 3.99. The highest BCUT2D eigenvalue weighted by Crippen LogP contribution is 2.30. The molecule has 1 saturated heterocycles. The molecule has 1 aliphatic rings. The molecule has 0 aromatic heterocycles. The van der Waals surface area contributed by atoms with Crippen LogP contribution in [0.5, 0.6) is 0 Å². The summed E-state index contributed by atoms with van der Waals surface area (Å²) in [6, 6.07) is 26.6. The van der Waals surface area contributed by atoms with Gasteiger partial charge in [-0.25, -0.2) is 0 Å². The van der Waals surface area contributed by atoms with Crippen LogP contribution in [-0.4, -0.2) is 19.6 Å². The fourth-order valence-electron chi connectivity index (χ4n) is 3.34. The molecule has 1 atom stereocenters. The van der Waals surface area contributed by atoms with Gasteiger partial charge < -0.3 is 10.2 Å². The normalized spacial score (nSPS) is 18.5. The molecule has 2 nitrogen and oxygen atoms in total. The second kappa shape index (κ2) is 5.82. The van der Waals surface area contributed by atoms with Gasteiger partial charge in [0.15, 0.2) is 0 Å². The number of fused-ring (bicyclic) bond motifs is 1. The molecule has 2 heteroatoms. The smallest absolute Gasteiger partial charge is 0.0667 e. The molecule has 1 fully saturated rings. The van der Waals surface area contributed by atoms with Crippen molar-refractivity contribution in [3.63, 3.8) is 0 Å². The zero-order valence-electron chi connectivity index (χ0n) is 12.6. The topological polar surface area (TPSA) is 15.3 Å². The third-order valence-corrected chi connectivity index (χ3v) is 4.49. The molecule has 0 saturated carbocycles. The molecule has 0 aliphatic carbocycles. The van der Waals surface area contributed by atoms with Gasteiger partial charge in [-0.1, -0.05) is 60.7 Å². The van der Waals surface area contributed by atoms with E-state index in [4.69, 9.17) is 0 Å². The first-order valence-corrected chi connectivity index (χ1v) is 7.93. The van der Waals surface area contributed by atoms with E-state index >= 15 is 0 Å². The van der Waals surface area contributed by atoms with Gasteiger partial charge in [0.2, 0.25) is 0 Å². The second-order valence-electron chi connectivity index (χ2n) is 5.86. The third-order valence-electron chi connectivity index (χ3n) is 4.49. The summed E-state index contributed by atoms with van der Waals surface area (Å²) in [7, 11) is 0. The van der Waals surface area contributed by atoms with Crippen molar-refractivity contribution in [2.45, 2.75) is 6.04 Å². The van der Waals surface area contributed by atoms with E-state index in [1.165, 1.54) is 22.0 Å². The van der Waals surface area contributed by atoms with Gasteiger partial charge in [-0.15, -0.1) is 0 Å². The second-order valence-corrected chi connectivity index (χ2v) is 5.86. The van der Waals surface area contributed by atoms with Crippen molar-refractivity contribution in [3.05, 3.63) is 78.4 Å². The summed E-state index contributed by atoms with van der Waals surface area (Å²) in [6.07, 6.45) is 0. The minimum Gasteiger partial charge on any atom is -0.362 e. The zero-order valence-corrected chi connectivity index (χ0v) is 12.6. The lowest BCUT2D eigenvalue weighted by molar-refractivity contribution is 0.490. The highest BCUT2D eigenvalue weighted by Gasteiger charge is 2.23. The first kappa shape index (κ1) is 13.4. The minimum atomic E-state index is 0.399. The van der Waals surface area contributed by atoms with Crippen LogP contribution in [0.4, 0.5) is 5.69 Å². The van der Waals surface area contributed by atoms with Crippen LogP contribution in [-0.2, 0) is 0 Å². The lowest BCUT2D eigenvalue weighted by Gasteiger charge is -2.38. The molecular formula is C20H20N2. The first-order chi connectivity index (χ1) is 10.9. The maximum absolute atomic E-state index is 3.53. The van der Waals surface area contributed by atoms with E-state index < -0.39 is 0 Å². The number of nitrogens with zero attached hydrogens (tertiary/aromatic N) is 1. The van der Waals surface area contributed by atoms with Crippen LogP contribution in [0.3, 0.4) is 0 Å². The van der Waals surface area contributed by atoms with E-state index in [2.05, 4.69) is 83.0 Å². The molecule has 0 spiro atoms. The molecule has 22 heavy (non-hydrogen) atoms. The first-order valence-electron chi connectivity index (χ1n) is 7.93. The molecule has 0 amide bonds. The Morgan fingerprint density at radius 2 is 1.59 bits per heavy atom. The third kappa shape index (κ3) is 2.46. The highest BCUT2D eigenvalue weighted by molar-refractivity contribution is 5.86.